The van der Waals surface area contributed by atoms with Gasteiger partial charge < -0.3 is 14.6 Å². The number of nitrogens with one attached hydrogen (secondary N) is 1. The Hall–Kier alpha value is -3.41. The van der Waals surface area contributed by atoms with Crippen molar-refractivity contribution in [2.75, 3.05) is 12.4 Å². The number of fused-ring (bicyclic) bond motifs is 1. The lowest BCUT2D eigenvalue weighted by atomic mass is 9.80. The summed E-state index contributed by atoms with van der Waals surface area (Å²) in [6.07, 6.45) is 11.3. The first-order valence-corrected chi connectivity index (χ1v) is 13.3. The number of pyridine rings is 3. The molecule has 0 radical (unpaired) electrons. The molecule has 0 aliphatic heterocycles. The number of nitrogens with zero attached hydrogens (tertiary/aromatic N) is 4. The molecule has 0 aromatic carbocycles. The van der Waals surface area contributed by atoms with Crippen LogP contribution in [0.3, 0.4) is 0 Å². The largest absolute Gasteiger partial charge is 0.495 e. The summed E-state index contributed by atoms with van der Waals surface area (Å²) >= 11 is 0. The molecule has 6 nitrogen and oxygen atoms in total. The van der Waals surface area contributed by atoms with Crippen LogP contribution in [0.5, 0.6) is 5.75 Å². The third kappa shape index (κ3) is 4.34. The van der Waals surface area contributed by atoms with Crippen molar-refractivity contribution in [1.82, 2.24) is 19.5 Å². The lowest BCUT2D eigenvalue weighted by Crippen LogP contribution is -2.12. The van der Waals surface area contributed by atoms with Crippen molar-refractivity contribution in [3.05, 3.63) is 65.4 Å². The van der Waals surface area contributed by atoms with E-state index in [9.17, 15) is 0 Å². The Kier molecular flexibility index (Phi) is 6.95. The van der Waals surface area contributed by atoms with Crippen LogP contribution in [0.15, 0.2) is 42.9 Å². The molecule has 188 valence electrons. The molecule has 1 N–H and O–H groups in total. The van der Waals surface area contributed by atoms with Crippen molar-refractivity contribution in [3.8, 4) is 17.0 Å². The van der Waals surface area contributed by atoms with Crippen LogP contribution >= 0.6 is 0 Å². The van der Waals surface area contributed by atoms with Crippen molar-refractivity contribution in [2.24, 2.45) is 0 Å². The molecule has 5 rings (SSSR count). The fourth-order valence-electron chi connectivity index (χ4n) is 5.38. The summed E-state index contributed by atoms with van der Waals surface area (Å²) in [5.41, 5.74) is 10.4. The van der Waals surface area contributed by atoms with Crippen LogP contribution in [-0.2, 0) is 13.0 Å². The fourth-order valence-corrected chi connectivity index (χ4v) is 5.38. The highest BCUT2D eigenvalue weighted by Crippen LogP contribution is 2.42. The highest BCUT2D eigenvalue weighted by Gasteiger charge is 2.26. The summed E-state index contributed by atoms with van der Waals surface area (Å²) in [5.74, 6) is 1.30. The van der Waals surface area contributed by atoms with Crippen LogP contribution < -0.4 is 10.1 Å². The molecule has 6 heteroatoms. The second-order valence-electron chi connectivity index (χ2n) is 9.96. The van der Waals surface area contributed by atoms with Gasteiger partial charge in [-0.2, -0.15) is 0 Å². The maximum atomic E-state index is 5.39. The average molecular weight is 484 g/mol. The van der Waals surface area contributed by atoms with E-state index < -0.39 is 0 Å². The normalized spacial score (nSPS) is 14.6. The van der Waals surface area contributed by atoms with Crippen molar-refractivity contribution >= 4 is 16.7 Å². The quantitative estimate of drug-likeness (QED) is 0.272. The average Bonchev–Trinajstić information content (AvgIpc) is 3.17. The van der Waals surface area contributed by atoms with Gasteiger partial charge in [0.15, 0.2) is 0 Å². The summed E-state index contributed by atoms with van der Waals surface area (Å²) in [7, 11) is 1.68. The molecule has 0 amide bonds. The topological polar surface area (TPSA) is 64.9 Å². The van der Waals surface area contributed by atoms with E-state index in [0.717, 1.165) is 46.6 Å². The van der Waals surface area contributed by atoms with E-state index in [-0.39, 0.29) is 0 Å². The molecule has 1 aliphatic rings. The number of anilines is 1. The smallest absolute Gasteiger partial charge is 0.137 e. The van der Waals surface area contributed by atoms with E-state index in [1.54, 1.807) is 13.3 Å². The minimum Gasteiger partial charge on any atom is -0.495 e. The molecule has 1 fully saturated rings. The lowest BCUT2D eigenvalue weighted by molar-refractivity contribution is 0.412. The van der Waals surface area contributed by atoms with E-state index in [1.165, 1.54) is 41.7 Å². The number of hydrogen-bond donors (Lipinski definition) is 1. The van der Waals surface area contributed by atoms with E-state index in [2.05, 4.69) is 54.7 Å². The zero-order valence-corrected chi connectivity index (χ0v) is 22.1. The van der Waals surface area contributed by atoms with Crippen LogP contribution in [-0.4, -0.2) is 26.6 Å². The zero-order chi connectivity index (χ0) is 25.2. The van der Waals surface area contributed by atoms with Crippen LogP contribution in [0.25, 0.3) is 22.3 Å². The molecular weight excluding hydrogens is 446 g/mol. The third-order valence-corrected chi connectivity index (χ3v) is 7.77. The number of aryl methyl sites for hydroxylation is 1. The number of aromatic nitrogens is 4. The van der Waals surface area contributed by atoms with Crippen LogP contribution in [0.2, 0.25) is 0 Å². The van der Waals surface area contributed by atoms with Gasteiger partial charge >= 0.3 is 0 Å². The van der Waals surface area contributed by atoms with Gasteiger partial charge in [-0.1, -0.05) is 20.3 Å². The van der Waals surface area contributed by atoms with E-state index in [1.807, 2.05) is 24.5 Å². The molecule has 4 heterocycles. The molecule has 4 aromatic heterocycles. The van der Waals surface area contributed by atoms with Crippen molar-refractivity contribution in [2.45, 2.75) is 78.3 Å². The SMILES string of the molecule is CCc1c(C)c2nc(-c3cccnc3C3CCC3)cc(NCc3cncc(OC)c3)c2n1C(C)CC. The van der Waals surface area contributed by atoms with Crippen LogP contribution in [0.4, 0.5) is 5.69 Å². The Morgan fingerprint density at radius 2 is 2.03 bits per heavy atom. The first-order chi connectivity index (χ1) is 17.5. The second kappa shape index (κ2) is 10.3. The van der Waals surface area contributed by atoms with Gasteiger partial charge in [0.05, 0.1) is 41.4 Å². The van der Waals surface area contributed by atoms with Gasteiger partial charge in [-0.25, -0.2) is 4.98 Å². The van der Waals surface area contributed by atoms with E-state index >= 15 is 0 Å². The summed E-state index contributed by atoms with van der Waals surface area (Å²) in [5, 5.41) is 3.75. The molecule has 1 unspecified atom stereocenters. The van der Waals surface area contributed by atoms with Gasteiger partial charge in [-0.3, -0.25) is 9.97 Å². The lowest BCUT2D eigenvalue weighted by Gasteiger charge is -2.26. The van der Waals surface area contributed by atoms with Gasteiger partial charge in [0, 0.05) is 42.2 Å². The van der Waals surface area contributed by atoms with Gasteiger partial charge in [0.25, 0.3) is 0 Å². The Balaban J connectivity index is 1.68. The zero-order valence-electron chi connectivity index (χ0n) is 22.1. The predicted molar refractivity (Wildman–Crippen MR) is 147 cm³/mol. The van der Waals surface area contributed by atoms with Crippen molar-refractivity contribution in [3.63, 3.8) is 0 Å². The number of rotatable bonds is 9. The first kappa shape index (κ1) is 24.3. The molecular formula is C30H37N5O. The Morgan fingerprint density at radius 3 is 2.72 bits per heavy atom. The minimum atomic E-state index is 0.381. The number of ether oxygens (including phenoxy) is 1. The molecule has 0 bridgehead atoms. The maximum Gasteiger partial charge on any atom is 0.137 e. The van der Waals surface area contributed by atoms with Gasteiger partial charge in [-0.05, 0) is 74.9 Å². The molecule has 0 spiro atoms. The summed E-state index contributed by atoms with van der Waals surface area (Å²) in [6, 6.07) is 8.87. The minimum absolute atomic E-state index is 0.381. The molecule has 1 aliphatic carbocycles. The first-order valence-electron chi connectivity index (χ1n) is 13.3. The molecule has 0 saturated heterocycles. The number of methoxy groups -OCH3 is 1. The molecule has 36 heavy (non-hydrogen) atoms. The van der Waals surface area contributed by atoms with Crippen LogP contribution in [0.1, 0.15) is 80.9 Å². The molecule has 1 saturated carbocycles. The summed E-state index contributed by atoms with van der Waals surface area (Å²) < 4.78 is 7.90. The third-order valence-electron chi connectivity index (χ3n) is 7.77. The predicted octanol–water partition coefficient (Wildman–Crippen LogP) is 7.22. The van der Waals surface area contributed by atoms with E-state index in [4.69, 9.17) is 14.7 Å². The monoisotopic (exact) mass is 483 g/mol. The summed E-state index contributed by atoms with van der Waals surface area (Å²) in [4.78, 5) is 14.5. The van der Waals surface area contributed by atoms with Crippen molar-refractivity contribution in [1.29, 1.82) is 0 Å². The molecule has 1 atom stereocenters. The van der Waals surface area contributed by atoms with Gasteiger partial charge in [0.1, 0.15) is 5.75 Å². The van der Waals surface area contributed by atoms with Crippen LogP contribution in [0, 0.1) is 6.92 Å². The fraction of sp³-hybridized carbons (Fsp3) is 0.433. The Labute approximate surface area is 214 Å². The van der Waals surface area contributed by atoms with Gasteiger partial charge in [-0.15, -0.1) is 0 Å². The maximum absolute atomic E-state index is 5.39. The Bertz CT molecular complexity index is 1370. The van der Waals surface area contributed by atoms with Gasteiger partial charge in [0.2, 0.25) is 0 Å². The summed E-state index contributed by atoms with van der Waals surface area (Å²) in [6.45, 7) is 9.67. The number of hydrogen-bond acceptors (Lipinski definition) is 5. The molecule has 4 aromatic rings. The second-order valence-corrected chi connectivity index (χ2v) is 9.96. The highest BCUT2D eigenvalue weighted by molar-refractivity contribution is 5.95. The standard InChI is InChI=1S/C30H37N5O/c1-6-19(3)35-27(7-2)20(4)28-30(35)26(33-17-21-14-23(36-5)18-31-16-21)15-25(34-28)24-12-9-13-32-29(24)22-10-8-11-22/h9,12-16,18-19,22H,6-8,10-11,17H2,1-5H3,(H,33,34). The Morgan fingerprint density at radius 1 is 1.19 bits per heavy atom. The van der Waals surface area contributed by atoms with Crippen molar-refractivity contribution < 1.29 is 4.74 Å². The van der Waals surface area contributed by atoms with E-state index in [0.29, 0.717) is 18.5 Å². The highest BCUT2D eigenvalue weighted by atomic mass is 16.5.